The fraction of sp³-hybridized carbons (Fsp3) is 0.524. The molecule has 1 aromatic rings. The van der Waals surface area contributed by atoms with Crippen molar-refractivity contribution in [1.29, 1.82) is 0 Å². The van der Waals surface area contributed by atoms with Crippen molar-refractivity contribution >= 4 is 17.5 Å². The molecule has 2 aliphatic carbocycles. The number of benzene rings is 1. The van der Waals surface area contributed by atoms with E-state index in [1.807, 2.05) is 6.07 Å². The van der Waals surface area contributed by atoms with Crippen LogP contribution in [0.25, 0.3) is 5.57 Å². The van der Waals surface area contributed by atoms with Crippen molar-refractivity contribution in [3.05, 3.63) is 41.5 Å². The van der Waals surface area contributed by atoms with Crippen LogP contribution in [0.1, 0.15) is 49.7 Å². The Morgan fingerprint density at radius 3 is 2.50 bits per heavy atom. The summed E-state index contributed by atoms with van der Waals surface area (Å²) in [6.07, 6.45) is 8.64. The number of fused-ring (bicyclic) bond motifs is 2. The summed E-state index contributed by atoms with van der Waals surface area (Å²) >= 11 is 0. The number of carbonyl (C=O) groups excluding carboxylic acids is 1. The Morgan fingerprint density at radius 2 is 1.81 bits per heavy atom. The molecule has 5 nitrogen and oxygen atoms in total. The predicted octanol–water partition coefficient (Wildman–Crippen LogP) is 2.99. The lowest BCUT2D eigenvalue weighted by Crippen LogP contribution is -2.35. The fourth-order valence-electron chi connectivity index (χ4n) is 4.89. The topological polar surface area (TPSA) is 66.8 Å². The van der Waals surface area contributed by atoms with E-state index in [0.717, 1.165) is 49.9 Å². The summed E-state index contributed by atoms with van der Waals surface area (Å²) in [6, 6.07) is 8.33. The Bertz CT molecular complexity index is 742. The standard InChI is InChI=1S/C21H25NO4/c23-19(24)20(25)26-18(14-22-11-5-6-12-22)16-13-21(9-3-4-10-21)17-8-2-1-7-15(16)17/h1-2,7-8,13,18H,3-6,9-12,14H2,(H,23,24). The number of rotatable bonds is 4. The summed E-state index contributed by atoms with van der Waals surface area (Å²) in [7, 11) is 0. The minimum Gasteiger partial charge on any atom is -0.473 e. The van der Waals surface area contributed by atoms with Crippen molar-refractivity contribution in [2.24, 2.45) is 0 Å². The maximum Gasteiger partial charge on any atom is 0.417 e. The normalized spacial score (nSPS) is 22.2. The van der Waals surface area contributed by atoms with Gasteiger partial charge in [0.05, 0.1) is 0 Å². The van der Waals surface area contributed by atoms with Crippen LogP contribution in [-0.4, -0.2) is 47.7 Å². The first-order chi connectivity index (χ1) is 12.6. The molecule has 1 saturated carbocycles. The SMILES string of the molecule is O=C(O)C(=O)OC(CN1CCCC1)C1=CC2(CCCC2)c2ccccc21. The second-order valence-corrected chi connectivity index (χ2v) is 7.72. The molecule has 1 aromatic carbocycles. The first-order valence-corrected chi connectivity index (χ1v) is 9.58. The molecule has 1 unspecified atom stereocenters. The molecule has 26 heavy (non-hydrogen) atoms. The lowest BCUT2D eigenvalue weighted by atomic mass is 9.81. The molecular weight excluding hydrogens is 330 g/mol. The van der Waals surface area contributed by atoms with Gasteiger partial charge in [-0.05, 0) is 55.5 Å². The van der Waals surface area contributed by atoms with Crippen LogP contribution in [0.3, 0.4) is 0 Å². The summed E-state index contributed by atoms with van der Waals surface area (Å²) in [5.74, 6) is -2.70. The molecule has 138 valence electrons. The van der Waals surface area contributed by atoms with Crippen LogP contribution in [-0.2, 0) is 19.7 Å². The van der Waals surface area contributed by atoms with Gasteiger partial charge in [0.25, 0.3) is 0 Å². The highest BCUT2D eigenvalue weighted by molar-refractivity contribution is 6.28. The number of carboxylic acids is 1. The monoisotopic (exact) mass is 355 g/mol. The highest BCUT2D eigenvalue weighted by atomic mass is 16.6. The van der Waals surface area contributed by atoms with Crippen molar-refractivity contribution < 1.29 is 19.4 Å². The van der Waals surface area contributed by atoms with Gasteiger partial charge in [-0.2, -0.15) is 0 Å². The number of hydrogen-bond acceptors (Lipinski definition) is 4. The summed E-state index contributed by atoms with van der Waals surface area (Å²) in [4.78, 5) is 25.2. The van der Waals surface area contributed by atoms with Crippen molar-refractivity contribution in [3.63, 3.8) is 0 Å². The minimum absolute atomic E-state index is 0.0326. The number of carbonyl (C=O) groups is 2. The van der Waals surface area contributed by atoms with Gasteiger partial charge < -0.3 is 9.84 Å². The van der Waals surface area contributed by atoms with Gasteiger partial charge in [-0.25, -0.2) is 9.59 Å². The van der Waals surface area contributed by atoms with E-state index in [-0.39, 0.29) is 5.41 Å². The number of aliphatic carboxylic acids is 1. The van der Waals surface area contributed by atoms with E-state index in [9.17, 15) is 9.59 Å². The van der Waals surface area contributed by atoms with Crippen molar-refractivity contribution in [3.8, 4) is 0 Å². The van der Waals surface area contributed by atoms with Crippen LogP contribution in [0.2, 0.25) is 0 Å². The van der Waals surface area contributed by atoms with E-state index >= 15 is 0 Å². The van der Waals surface area contributed by atoms with Crippen LogP contribution in [0.5, 0.6) is 0 Å². The number of esters is 1. The Hall–Kier alpha value is -2.14. The molecule has 5 heteroatoms. The molecular formula is C21H25NO4. The zero-order valence-electron chi connectivity index (χ0n) is 14.9. The molecule has 1 aliphatic heterocycles. The molecule has 3 aliphatic rings. The van der Waals surface area contributed by atoms with Gasteiger partial charge in [0.1, 0.15) is 6.10 Å². The summed E-state index contributed by atoms with van der Waals surface area (Å²) in [5.41, 5.74) is 3.45. The molecule has 0 aromatic heterocycles. The highest BCUT2D eigenvalue weighted by Gasteiger charge is 2.43. The summed E-state index contributed by atoms with van der Waals surface area (Å²) in [5, 5.41) is 9.03. The van der Waals surface area contributed by atoms with E-state index < -0.39 is 18.0 Å². The maximum absolute atomic E-state index is 11.8. The average Bonchev–Trinajstić information content (AvgIpc) is 3.37. The molecule has 0 amide bonds. The minimum atomic E-state index is -1.53. The number of likely N-dealkylation sites (tertiary alicyclic amines) is 1. The molecule has 0 radical (unpaired) electrons. The smallest absolute Gasteiger partial charge is 0.417 e. The van der Waals surface area contributed by atoms with Crippen molar-refractivity contribution in [1.82, 2.24) is 4.90 Å². The summed E-state index contributed by atoms with van der Waals surface area (Å²) < 4.78 is 5.47. The van der Waals surface area contributed by atoms with Crippen molar-refractivity contribution in [2.75, 3.05) is 19.6 Å². The number of hydrogen-bond donors (Lipinski definition) is 1. The largest absolute Gasteiger partial charge is 0.473 e. The van der Waals surface area contributed by atoms with Gasteiger partial charge in [0.2, 0.25) is 0 Å². The third-order valence-corrected chi connectivity index (χ3v) is 6.10. The molecule has 2 fully saturated rings. The van der Waals surface area contributed by atoms with Crippen LogP contribution in [0, 0.1) is 0 Å². The number of nitrogens with zero attached hydrogens (tertiary/aromatic N) is 1. The predicted molar refractivity (Wildman–Crippen MR) is 97.8 cm³/mol. The molecule has 4 rings (SSSR count). The Kier molecular flexibility index (Phi) is 4.57. The van der Waals surface area contributed by atoms with Crippen LogP contribution in [0.15, 0.2) is 30.3 Å². The number of allylic oxidation sites excluding steroid dienone is 1. The van der Waals surface area contributed by atoms with Gasteiger partial charge in [0, 0.05) is 12.0 Å². The Morgan fingerprint density at radius 1 is 1.12 bits per heavy atom. The van der Waals surface area contributed by atoms with E-state index in [0.29, 0.717) is 6.54 Å². The van der Waals surface area contributed by atoms with Gasteiger partial charge in [-0.1, -0.05) is 43.2 Å². The number of carboxylic acid groups (broad SMARTS) is 1. The lowest BCUT2D eigenvalue weighted by Gasteiger charge is -2.24. The van der Waals surface area contributed by atoms with Crippen LogP contribution in [0.4, 0.5) is 0 Å². The fourth-order valence-corrected chi connectivity index (χ4v) is 4.89. The number of ether oxygens (including phenoxy) is 1. The highest BCUT2D eigenvalue weighted by Crippen LogP contribution is 2.51. The summed E-state index contributed by atoms with van der Waals surface area (Å²) in [6.45, 7) is 2.51. The third kappa shape index (κ3) is 3.05. The molecule has 1 heterocycles. The van der Waals surface area contributed by atoms with Crippen molar-refractivity contribution in [2.45, 2.75) is 50.0 Å². The lowest BCUT2D eigenvalue weighted by molar-refractivity contribution is -0.166. The molecule has 1 atom stereocenters. The zero-order chi connectivity index (χ0) is 18.1. The molecule has 1 N–H and O–H groups in total. The van der Waals surface area contributed by atoms with Gasteiger partial charge in [-0.15, -0.1) is 0 Å². The first kappa shape index (κ1) is 17.3. The van der Waals surface area contributed by atoms with Gasteiger partial charge in [-0.3, -0.25) is 4.90 Å². The second kappa shape index (κ2) is 6.88. The maximum atomic E-state index is 11.8. The molecule has 1 saturated heterocycles. The van der Waals surface area contributed by atoms with Crippen LogP contribution < -0.4 is 0 Å². The molecule has 1 spiro atoms. The Labute approximate surface area is 153 Å². The quantitative estimate of drug-likeness (QED) is 0.664. The first-order valence-electron chi connectivity index (χ1n) is 9.58. The average molecular weight is 355 g/mol. The van der Waals surface area contributed by atoms with Gasteiger partial charge in [0.15, 0.2) is 0 Å². The second-order valence-electron chi connectivity index (χ2n) is 7.72. The van der Waals surface area contributed by atoms with E-state index in [4.69, 9.17) is 9.84 Å². The zero-order valence-corrected chi connectivity index (χ0v) is 14.9. The molecule has 0 bridgehead atoms. The Balaban J connectivity index is 1.69. The van der Waals surface area contributed by atoms with E-state index in [2.05, 4.69) is 29.2 Å². The van der Waals surface area contributed by atoms with Gasteiger partial charge >= 0.3 is 11.9 Å². The third-order valence-electron chi connectivity index (χ3n) is 6.10. The van der Waals surface area contributed by atoms with E-state index in [1.165, 1.54) is 18.4 Å². The van der Waals surface area contributed by atoms with Crippen LogP contribution >= 0.6 is 0 Å². The van der Waals surface area contributed by atoms with E-state index in [1.54, 1.807) is 0 Å².